The molecule has 1 heterocycles. The van der Waals surface area contributed by atoms with Crippen LogP contribution in [0.1, 0.15) is 48.7 Å². The minimum Gasteiger partial charge on any atom is -0.310 e. The molecule has 0 bridgehead atoms. The molecular formula is C13H22N2S. The molecule has 1 aromatic heterocycles. The molecule has 0 atom stereocenters. The molecule has 1 aliphatic rings. The summed E-state index contributed by atoms with van der Waals surface area (Å²) in [5.41, 5.74) is 1.38. The number of aryl methyl sites for hydroxylation is 2. The fraction of sp³-hybridized carbons (Fsp3) is 0.769. The highest BCUT2D eigenvalue weighted by atomic mass is 32.1. The van der Waals surface area contributed by atoms with Crippen molar-refractivity contribution >= 4 is 11.3 Å². The lowest BCUT2D eigenvalue weighted by molar-refractivity contribution is 0.449. The molecule has 0 aliphatic heterocycles. The van der Waals surface area contributed by atoms with E-state index in [0.717, 1.165) is 19.0 Å². The van der Waals surface area contributed by atoms with Gasteiger partial charge in [0.2, 0.25) is 0 Å². The summed E-state index contributed by atoms with van der Waals surface area (Å²) >= 11 is 1.92. The molecule has 2 rings (SSSR count). The Morgan fingerprint density at radius 3 is 2.81 bits per heavy atom. The molecule has 0 fully saturated rings. The lowest BCUT2D eigenvalue weighted by Gasteiger charge is -2.12. The Kier molecular flexibility index (Phi) is 4.36. The van der Waals surface area contributed by atoms with Gasteiger partial charge in [0.15, 0.2) is 0 Å². The minimum atomic E-state index is 0.826. The zero-order valence-corrected chi connectivity index (χ0v) is 11.2. The van der Waals surface area contributed by atoms with Crippen LogP contribution >= 0.6 is 11.3 Å². The normalized spacial score (nSPS) is 14.7. The van der Waals surface area contributed by atoms with E-state index in [-0.39, 0.29) is 0 Å². The summed E-state index contributed by atoms with van der Waals surface area (Å²) < 4.78 is 0. The maximum atomic E-state index is 4.70. The van der Waals surface area contributed by atoms with E-state index < -0.39 is 0 Å². The number of aromatic nitrogens is 1. The summed E-state index contributed by atoms with van der Waals surface area (Å²) in [4.78, 5) is 6.24. The summed E-state index contributed by atoms with van der Waals surface area (Å²) in [6, 6.07) is 0. The highest BCUT2D eigenvalue weighted by Gasteiger charge is 2.16. The first-order valence-corrected chi connectivity index (χ1v) is 7.33. The summed E-state index contributed by atoms with van der Waals surface area (Å²) in [5, 5.41) is 4.83. The standard InChI is InChI=1S/C13H22N2S/c1-3-10(4-2)8-14-9-13-15-11-6-5-7-12(11)16-13/h10,14H,3-9H2,1-2H3. The van der Waals surface area contributed by atoms with Crippen LogP contribution in [0.25, 0.3) is 0 Å². The van der Waals surface area contributed by atoms with Crippen LogP contribution in [0.15, 0.2) is 0 Å². The highest BCUT2D eigenvalue weighted by molar-refractivity contribution is 7.11. The molecule has 0 saturated heterocycles. The number of thiazole rings is 1. The van der Waals surface area contributed by atoms with E-state index in [1.165, 1.54) is 42.8 Å². The van der Waals surface area contributed by atoms with Crippen LogP contribution in [-0.4, -0.2) is 11.5 Å². The second-order valence-corrected chi connectivity index (χ2v) is 5.81. The lowest BCUT2D eigenvalue weighted by atomic mass is 10.0. The molecule has 16 heavy (non-hydrogen) atoms. The van der Waals surface area contributed by atoms with Gasteiger partial charge in [0.25, 0.3) is 0 Å². The monoisotopic (exact) mass is 238 g/mol. The molecular weight excluding hydrogens is 216 g/mol. The van der Waals surface area contributed by atoms with Crippen LogP contribution < -0.4 is 5.32 Å². The maximum absolute atomic E-state index is 4.70. The third-order valence-corrected chi connectivity index (χ3v) is 4.66. The van der Waals surface area contributed by atoms with Crippen LogP contribution in [0.2, 0.25) is 0 Å². The van der Waals surface area contributed by atoms with Gasteiger partial charge < -0.3 is 5.32 Å². The van der Waals surface area contributed by atoms with Crippen molar-refractivity contribution < 1.29 is 0 Å². The quantitative estimate of drug-likeness (QED) is 0.823. The molecule has 1 N–H and O–H groups in total. The van der Waals surface area contributed by atoms with Gasteiger partial charge in [0.05, 0.1) is 5.69 Å². The van der Waals surface area contributed by atoms with Crippen molar-refractivity contribution in [3.8, 4) is 0 Å². The lowest BCUT2D eigenvalue weighted by Crippen LogP contribution is -2.21. The fourth-order valence-corrected chi connectivity index (χ4v) is 3.41. The average molecular weight is 238 g/mol. The summed E-state index contributed by atoms with van der Waals surface area (Å²) in [6.07, 6.45) is 6.34. The number of nitrogens with one attached hydrogen (secondary N) is 1. The van der Waals surface area contributed by atoms with Gasteiger partial charge in [0, 0.05) is 11.4 Å². The largest absolute Gasteiger partial charge is 0.310 e. The van der Waals surface area contributed by atoms with Gasteiger partial charge >= 0.3 is 0 Å². The van der Waals surface area contributed by atoms with E-state index in [1.807, 2.05) is 11.3 Å². The van der Waals surface area contributed by atoms with Crippen molar-refractivity contribution in [1.29, 1.82) is 0 Å². The first-order chi connectivity index (χ1) is 7.83. The van der Waals surface area contributed by atoms with E-state index in [2.05, 4.69) is 19.2 Å². The number of rotatable bonds is 6. The van der Waals surface area contributed by atoms with Gasteiger partial charge in [-0.05, 0) is 31.7 Å². The van der Waals surface area contributed by atoms with Gasteiger partial charge in [-0.25, -0.2) is 4.98 Å². The van der Waals surface area contributed by atoms with E-state index in [0.29, 0.717) is 0 Å². The Bertz CT molecular complexity index is 307. The maximum Gasteiger partial charge on any atom is 0.107 e. The molecule has 0 radical (unpaired) electrons. The van der Waals surface area contributed by atoms with E-state index >= 15 is 0 Å². The van der Waals surface area contributed by atoms with Crippen LogP contribution in [0, 0.1) is 5.92 Å². The molecule has 0 spiro atoms. The molecule has 0 aromatic carbocycles. The van der Waals surface area contributed by atoms with E-state index in [9.17, 15) is 0 Å². The minimum absolute atomic E-state index is 0.826. The summed E-state index contributed by atoms with van der Waals surface area (Å²) in [5.74, 6) is 0.826. The predicted molar refractivity (Wildman–Crippen MR) is 69.9 cm³/mol. The fourth-order valence-electron chi connectivity index (χ4n) is 2.28. The second kappa shape index (κ2) is 5.78. The Morgan fingerprint density at radius 1 is 1.31 bits per heavy atom. The predicted octanol–water partition coefficient (Wildman–Crippen LogP) is 3.16. The number of hydrogen-bond acceptors (Lipinski definition) is 3. The molecule has 3 heteroatoms. The molecule has 0 unspecified atom stereocenters. The zero-order chi connectivity index (χ0) is 11.4. The van der Waals surface area contributed by atoms with Crippen molar-refractivity contribution in [3.63, 3.8) is 0 Å². The van der Waals surface area contributed by atoms with Gasteiger partial charge in [-0.2, -0.15) is 0 Å². The second-order valence-electron chi connectivity index (χ2n) is 4.64. The van der Waals surface area contributed by atoms with Crippen LogP contribution in [0.5, 0.6) is 0 Å². The molecule has 0 amide bonds. The molecule has 1 aromatic rings. The molecule has 0 saturated carbocycles. The first-order valence-electron chi connectivity index (χ1n) is 6.51. The Balaban J connectivity index is 1.77. The van der Waals surface area contributed by atoms with Crippen molar-refractivity contribution in [2.45, 2.75) is 52.5 Å². The smallest absolute Gasteiger partial charge is 0.107 e. The number of nitrogens with zero attached hydrogens (tertiary/aromatic N) is 1. The van der Waals surface area contributed by atoms with Crippen molar-refractivity contribution in [2.75, 3.05) is 6.54 Å². The SMILES string of the molecule is CCC(CC)CNCc1nc2c(s1)CCC2. The number of hydrogen-bond donors (Lipinski definition) is 1. The van der Waals surface area contributed by atoms with Gasteiger partial charge in [-0.15, -0.1) is 11.3 Å². The first kappa shape index (κ1) is 12.1. The van der Waals surface area contributed by atoms with E-state index in [4.69, 9.17) is 4.98 Å². The third-order valence-electron chi connectivity index (χ3n) is 3.50. The Labute approximate surface area is 102 Å². The molecule has 1 aliphatic carbocycles. The van der Waals surface area contributed by atoms with Gasteiger partial charge in [-0.1, -0.05) is 26.7 Å². The Hall–Kier alpha value is -0.410. The third kappa shape index (κ3) is 2.83. The van der Waals surface area contributed by atoms with Gasteiger partial charge in [-0.3, -0.25) is 0 Å². The zero-order valence-electron chi connectivity index (χ0n) is 10.4. The van der Waals surface area contributed by atoms with Crippen molar-refractivity contribution in [1.82, 2.24) is 10.3 Å². The van der Waals surface area contributed by atoms with Gasteiger partial charge in [0.1, 0.15) is 5.01 Å². The highest BCUT2D eigenvalue weighted by Crippen LogP contribution is 2.27. The number of fused-ring (bicyclic) bond motifs is 1. The topological polar surface area (TPSA) is 24.9 Å². The van der Waals surface area contributed by atoms with E-state index in [1.54, 1.807) is 4.88 Å². The van der Waals surface area contributed by atoms with Crippen LogP contribution in [0.3, 0.4) is 0 Å². The Morgan fingerprint density at radius 2 is 2.12 bits per heavy atom. The van der Waals surface area contributed by atoms with Crippen LogP contribution in [0.4, 0.5) is 0 Å². The van der Waals surface area contributed by atoms with Crippen molar-refractivity contribution in [2.24, 2.45) is 5.92 Å². The van der Waals surface area contributed by atoms with Crippen molar-refractivity contribution in [3.05, 3.63) is 15.6 Å². The average Bonchev–Trinajstić information content (AvgIpc) is 2.84. The summed E-state index contributed by atoms with van der Waals surface area (Å²) in [6.45, 7) is 6.65. The molecule has 90 valence electrons. The van der Waals surface area contributed by atoms with Crippen LogP contribution in [-0.2, 0) is 19.4 Å². The molecule has 2 nitrogen and oxygen atoms in total. The summed E-state index contributed by atoms with van der Waals surface area (Å²) in [7, 11) is 0.